The van der Waals surface area contributed by atoms with E-state index < -0.39 is 0 Å². The molecule has 3 heterocycles. The summed E-state index contributed by atoms with van der Waals surface area (Å²) >= 11 is 0. The highest BCUT2D eigenvalue weighted by atomic mass is 16.5. The molecular weight excluding hydrogens is 318 g/mol. The van der Waals surface area contributed by atoms with Crippen LogP contribution in [0.15, 0.2) is 6.07 Å². The fraction of sp³-hybridized carbons (Fsp3) is 0.611. The number of piperidine rings is 1. The highest BCUT2D eigenvalue weighted by Crippen LogP contribution is 2.28. The molecule has 1 fully saturated rings. The summed E-state index contributed by atoms with van der Waals surface area (Å²) < 4.78 is 7.17. The zero-order valence-corrected chi connectivity index (χ0v) is 15.5. The highest BCUT2D eigenvalue weighted by Gasteiger charge is 2.33. The molecule has 1 aliphatic heterocycles. The molecule has 1 aliphatic rings. The molecule has 0 aliphatic carbocycles. The van der Waals surface area contributed by atoms with Crippen molar-refractivity contribution in [3.63, 3.8) is 0 Å². The van der Waals surface area contributed by atoms with Crippen LogP contribution in [0.2, 0.25) is 0 Å². The number of amides is 1. The molecular formula is C18H27N5O2. The molecule has 0 unspecified atom stereocenters. The van der Waals surface area contributed by atoms with Gasteiger partial charge in [0.2, 0.25) is 0 Å². The lowest BCUT2D eigenvalue weighted by Crippen LogP contribution is -2.47. The van der Waals surface area contributed by atoms with Crippen molar-refractivity contribution in [3.8, 4) is 0 Å². The molecule has 136 valence electrons. The molecule has 0 spiro atoms. The predicted molar refractivity (Wildman–Crippen MR) is 95.9 cm³/mol. The molecule has 7 heteroatoms. The first-order valence-electron chi connectivity index (χ1n) is 8.77. The summed E-state index contributed by atoms with van der Waals surface area (Å²) in [5.41, 5.74) is 3.73. The summed E-state index contributed by atoms with van der Waals surface area (Å²) in [7, 11) is 1.72. The average Bonchev–Trinajstić information content (AvgIpc) is 2.90. The van der Waals surface area contributed by atoms with Crippen molar-refractivity contribution < 1.29 is 9.53 Å². The van der Waals surface area contributed by atoms with Crippen molar-refractivity contribution in [1.29, 1.82) is 0 Å². The van der Waals surface area contributed by atoms with Crippen LogP contribution in [0.4, 0.5) is 0 Å². The number of carbonyl (C=O) groups is 1. The minimum atomic E-state index is -0.112. The van der Waals surface area contributed by atoms with Crippen molar-refractivity contribution in [3.05, 3.63) is 28.7 Å². The van der Waals surface area contributed by atoms with Gasteiger partial charge >= 0.3 is 0 Å². The Morgan fingerprint density at radius 1 is 1.36 bits per heavy atom. The van der Waals surface area contributed by atoms with Gasteiger partial charge in [-0.2, -0.15) is 5.10 Å². The third kappa shape index (κ3) is 3.52. The monoisotopic (exact) mass is 345 g/mol. The molecule has 25 heavy (non-hydrogen) atoms. The van der Waals surface area contributed by atoms with Crippen LogP contribution in [0.25, 0.3) is 5.65 Å². The second-order valence-corrected chi connectivity index (χ2v) is 7.10. The van der Waals surface area contributed by atoms with Crippen LogP contribution in [0.3, 0.4) is 0 Å². The third-order valence-electron chi connectivity index (χ3n) is 5.04. The molecule has 1 amide bonds. The van der Waals surface area contributed by atoms with E-state index in [1.54, 1.807) is 11.6 Å². The van der Waals surface area contributed by atoms with E-state index >= 15 is 0 Å². The van der Waals surface area contributed by atoms with E-state index in [1.807, 2.05) is 26.8 Å². The maximum atomic E-state index is 12.9. The molecule has 3 rings (SSSR count). The summed E-state index contributed by atoms with van der Waals surface area (Å²) in [4.78, 5) is 17.4. The summed E-state index contributed by atoms with van der Waals surface area (Å²) in [5, 5.41) is 11.0. The molecule has 0 saturated carbocycles. The van der Waals surface area contributed by atoms with Crippen molar-refractivity contribution >= 4 is 11.6 Å². The number of aromatic nitrogens is 3. The minimum absolute atomic E-state index is 0.00814. The average molecular weight is 345 g/mol. The number of nitrogens with one attached hydrogen (secondary N) is 2. The van der Waals surface area contributed by atoms with Gasteiger partial charge in [0.05, 0.1) is 12.3 Å². The molecule has 1 saturated heterocycles. The lowest BCUT2D eigenvalue weighted by molar-refractivity contribution is 0.0512. The number of methoxy groups -OCH3 is 1. The van der Waals surface area contributed by atoms with Gasteiger partial charge in [-0.15, -0.1) is 0 Å². The minimum Gasteiger partial charge on any atom is -0.384 e. The summed E-state index contributed by atoms with van der Waals surface area (Å²) in [6, 6.07) is 1.96. The lowest BCUT2D eigenvalue weighted by Gasteiger charge is -2.37. The molecule has 0 bridgehead atoms. The van der Waals surface area contributed by atoms with E-state index in [-0.39, 0.29) is 11.3 Å². The van der Waals surface area contributed by atoms with E-state index in [2.05, 4.69) is 20.7 Å². The number of nitrogens with zero attached hydrogens (tertiary/aromatic N) is 3. The Labute approximate surface area is 148 Å². The number of carbonyl (C=O) groups excluding carboxylic acids is 1. The molecule has 0 atom stereocenters. The summed E-state index contributed by atoms with van der Waals surface area (Å²) in [5.74, 6) is -0.112. The topological polar surface area (TPSA) is 80.5 Å². The van der Waals surface area contributed by atoms with Gasteiger partial charge in [-0.1, -0.05) is 0 Å². The first kappa shape index (κ1) is 17.8. The maximum Gasteiger partial charge on any atom is 0.257 e. The van der Waals surface area contributed by atoms with E-state index in [1.165, 1.54) is 0 Å². The van der Waals surface area contributed by atoms with E-state index in [0.717, 1.165) is 37.3 Å². The highest BCUT2D eigenvalue weighted by molar-refractivity contribution is 6.01. The first-order valence-corrected chi connectivity index (χ1v) is 8.77. The van der Waals surface area contributed by atoms with Gasteiger partial charge in [0, 0.05) is 30.5 Å². The Bertz CT molecular complexity index is 772. The van der Waals surface area contributed by atoms with Crippen LogP contribution in [0.1, 0.15) is 40.3 Å². The smallest absolute Gasteiger partial charge is 0.257 e. The Hall–Kier alpha value is -1.99. The molecule has 0 aromatic carbocycles. The number of hydrogen-bond acceptors (Lipinski definition) is 5. The van der Waals surface area contributed by atoms with Gasteiger partial charge in [0.15, 0.2) is 5.65 Å². The van der Waals surface area contributed by atoms with Gasteiger partial charge in [0.25, 0.3) is 5.91 Å². The second-order valence-electron chi connectivity index (χ2n) is 7.10. The first-order chi connectivity index (χ1) is 12.0. The van der Waals surface area contributed by atoms with E-state index in [4.69, 9.17) is 4.74 Å². The zero-order valence-electron chi connectivity index (χ0n) is 15.5. The fourth-order valence-corrected chi connectivity index (χ4v) is 3.68. The molecule has 7 nitrogen and oxygen atoms in total. The lowest BCUT2D eigenvalue weighted by atomic mass is 9.79. The van der Waals surface area contributed by atoms with Gasteiger partial charge < -0.3 is 15.4 Å². The van der Waals surface area contributed by atoms with Crippen LogP contribution < -0.4 is 10.6 Å². The van der Waals surface area contributed by atoms with Gasteiger partial charge in [-0.3, -0.25) is 4.79 Å². The van der Waals surface area contributed by atoms with Crippen molar-refractivity contribution in [2.45, 2.75) is 33.6 Å². The number of hydrogen-bond donors (Lipinski definition) is 2. The maximum absolute atomic E-state index is 12.9. The van der Waals surface area contributed by atoms with Gasteiger partial charge in [-0.05, 0) is 52.8 Å². The SMILES string of the molecule is COCC1(CNC(=O)c2c(C)nn3c(C)cc(C)nc23)CCNCC1. The number of aryl methyl sites for hydroxylation is 3. The van der Waals surface area contributed by atoms with Gasteiger partial charge in [0.1, 0.15) is 5.56 Å². The Balaban J connectivity index is 1.84. The molecule has 2 N–H and O–H groups in total. The van der Waals surface area contributed by atoms with Crippen LogP contribution in [-0.4, -0.2) is 53.9 Å². The van der Waals surface area contributed by atoms with E-state index in [0.29, 0.717) is 30.1 Å². The predicted octanol–water partition coefficient (Wildman–Crippen LogP) is 1.40. The number of ether oxygens (including phenoxy) is 1. The Morgan fingerprint density at radius 2 is 2.08 bits per heavy atom. The standard InChI is InChI=1S/C18H27N5O2/c1-12-9-13(2)23-16(21-12)15(14(3)22-23)17(24)20-10-18(11-25-4)5-7-19-8-6-18/h9,19H,5-8,10-11H2,1-4H3,(H,20,24). The second kappa shape index (κ2) is 7.09. The molecule has 2 aromatic heterocycles. The quantitative estimate of drug-likeness (QED) is 0.856. The Kier molecular flexibility index (Phi) is 5.06. The van der Waals surface area contributed by atoms with Crippen LogP contribution in [-0.2, 0) is 4.74 Å². The number of fused-ring (bicyclic) bond motifs is 1. The Morgan fingerprint density at radius 3 is 2.76 bits per heavy atom. The fourth-order valence-electron chi connectivity index (χ4n) is 3.68. The van der Waals surface area contributed by atoms with Crippen LogP contribution in [0.5, 0.6) is 0 Å². The van der Waals surface area contributed by atoms with Crippen LogP contribution in [0, 0.1) is 26.2 Å². The van der Waals surface area contributed by atoms with E-state index in [9.17, 15) is 4.79 Å². The normalized spacial score (nSPS) is 17.0. The van der Waals surface area contributed by atoms with Crippen LogP contribution >= 0.6 is 0 Å². The van der Waals surface area contributed by atoms with Gasteiger partial charge in [-0.25, -0.2) is 9.50 Å². The number of rotatable bonds is 5. The third-order valence-corrected chi connectivity index (χ3v) is 5.04. The van der Waals surface area contributed by atoms with Crippen molar-refractivity contribution in [2.75, 3.05) is 33.4 Å². The van der Waals surface area contributed by atoms with Crippen molar-refractivity contribution in [1.82, 2.24) is 25.2 Å². The zero-order chi connectivity index (χ0) is 18.0. The summed E-state index contributed by atoms with van der Waals surface area (Å²) in [6.45, 7) is 8.91. The molecule has 0 radical (unpaired) electrons. The van der Waals surface area contributed by atoms with Crippen molar-refractivity contribution in [2.24, 2.45) is 5.41 Å². The molecule has 2 aromatic rings. The largest absolute Gasteiger partial charge is 0.384 e. The summed E-state index contributed by atoms with van der Waals surface area (Å²) in [6.07, 6.45) is 1.98.